The van der Waals surface area contributed by atoms with Crippen LogP contribution in [0.15, 0.2) is 36.1 Å². The summed E-state index contributed by atoms with van der Waals surface area (Å²) in [6.45, 7) is 3.97. The molecule has 3 aromatic heterocycles. The first-order chi connectivity index (χ1) is 18.4. The monoisotopic (exact) mass is 572 g/mol. The van der Waals surface area contributed by atoms with Crippen LogP contribution in [-0.4, -0.2) is 65.1 Å². The van der Waals surface area contributed by atoms with E-state index in [1.807, 2.05) is 0 Å². The number of benzene rings is 1. The van der Waals surface area contributed by atoms with Gasteiger partial charge in [-0.05, 0) is 30.7 Å². The SMILES string of the molecule is COc1cc(C)c(Cl)c(NC(=O)c2csc3c(Nc4ccc(C(=O)N5CCOCC5)cn4)ncnc23)c1Cl. The average Bonchev–Trinajstić information content (AvgIpc) is 3.39. The smallest absolute Gasteiger partial charge is 0.258 e. The number of hydrogen-bond acceptors (Lipinski definition) is 9. The summed E-state index contributed by atoms with van der Waals surface area (Å²) < 4.78 is 11.3. The maximum absolute atomic E-state index is 13.2. The number of halogens is 2. The Morgan fingerprint density at radius 3 is 2.63 bits per heavy atom. The molecule has 2 N–H and O–H groups in total. The molecule has 0 radical (unpaired) electrons. The molecule has 196 valence electrons. The molecule has 0 saturated carbocycles. The maximum Gasteiger partial charge on any atom is 0.258 e. The second kappa shape index (κ2) is 11.1. The number of fused-ring (bicyclic) bond motifs is 1. The van der Waals surface area contributed by atoms with Gasteiger partial charge in [-0.15, -0.1) is 11.3 Å². The van der Waals surface area contributed by atoms with Gasteiger partial charge in [-0.2, -0.15) is 0 Å². The minimum Gasteiger partial charge on any atom is -0.495 e. The summed E-state index contributed by atoms with van der Waals surface area (Å²) in [6, 6.07) is 5.12. The van der Waals surface area contributed by atoms with Crippen molar-refractivity contribution in [2.45, 2.75) is 6.92 Å². The van der Waals surface area contributed by atoms with Gasteiger partial charge in [0.1, 0.15) is 22.9 Å². The Morgan fingerprint density at radius 1 is 1.13 bits per heavy atom. The molecule has 0 aliphatic carbocycles. The summed E-state index contributed by atoms with van der Waals surface area (Å²) >= 11 is 14.1. The third-order valence-corrected chi connectivity index (χ3v) is 7.80. The Balaban J connectivity index is 1.36. The molecular formula is C25H22Cl2N6O4S. The molecule has 38 heavy (non-hydrogen) atoms. The first-order valence-corrected chi connectivity index (χ1v) is 13.2. The number of carbonyl (C=O) groups excluding carboxylic acids is 2. The number of aromatic nitrogens is 3. The molecule has 0 bridgehead atoms. The molecule has 0 atom stereocenters. The van der Waals surface area contributed by atoms with Crippen molar-refractivity contribution >= 4 is 73.9 Å². The van der Waals surface area contributed by atoms with E-state index in [1.165, 1.54) is 31.0 Å². The second-order valence-electron chi connectivity index (χ2n) is 8.36. The lowest BCUT2D eigenvalue weighted by molar-refractivity contribution is 0.0302. The molecule has 13 heteroatoms. The third-order valence-electron chi connectivity index (χ3n) is 5.96. The van der Waals surface area contributed by atoms with Gasteiger partial charge < -0.3 is 25.0 Å². The Labute approximate surface area is 231 Å². The highest BCUT2D eigenvalue weighted by Gasteiger charge is 2.22. The Hall–Kier alpha value is -3.51. The maximum atomic E-state index is 13.2. The van der Waals surface area contributed by atoms with Crippen LogP contribution in [0.1, 0.15) is 26.3 Å². The number of methoxy groups -OCH3 is 1. The van der Waals surface area contributed by atoms with Crippen LogP contribution in [0.25, 0.3) is 10.2 Å². The van der Waals surface area contributed by atoms with Crippen molar-refractivity contribution in [2.24, 2.45) is 0 Å². The number of rotatable bonds is 6. The first-order valence-electron chi connectivity index (χ1n) is 11.5. The Morgan fingerprint density at radius 2 is 1.92 bits per heavy atom. The van der Waals surface area contributed by atoms with E-state index in [0.717, 1.165) is 0 Å². The van der Waals surface area contributed by atoms with E-state index >= 15 is 0 Å². The highest BCUT2D eigenvalue weighted by atomic mass is 35.5. The number of amides is 2. The van der Waals surface area contributed by atoms with Crippen molar-refractivity contribution in [3.8, 4) is 5.75 Å². The number of anilines is 3. The van der Waals surface area contributed by atoms with E-state index in [1.54, 1.807) is 35.4 Å². The number of pyridine rings is 1. The van der Waals surface area contributed by atoms with Crippen LogP contribution in [0.5, 0.6) is 5.75 Å². The number of nitrogens with zero attached hydrogens (tertiary/aromatic N) is 4. The number of carbonyl (C=O) groups is 2. The fraction of sp³-hybridized carbons (Fsp3) is 0.240. The fourth-order valence-electron chi connectivity index (χ4n) is 3.94. The van der Waals surface area contributed by atoms with Gasteiger partial charge in [0.2, 0.25) is 0 Å². The average molecular weight is 573 g/mol. The van der Waals surface area contributed by atoms with Crippen molar-refractivity contribution in [3.05, 3.63) is 62.8 Å². The molecule has 4 aromatic rings. The van der Waals surface area contributed by atoms with E-state index in [-0.39, 0.29) is 16.6 Å². The minimum absolute atomic E-state index is 0.0860. The van der Waals surface area contributed by atoms with Crippen LogP contribution in [0.3, 0.4) is 0 Å². The zero-order chi connectivity index (χ0) is 26.8. The summed E-state index contributed by atoms with van der Waals surface area (Å²) in [7, 11) is 1.49. The van der Waals surface area contributed by atoms with Crippen LogP contribution in [-0.2, 0) is 4.74 Å². The van der Waals surface area contributed by atoms with Gasteiger partial charge in [0, 0.05) is 24.7 Å². The van der Waals surface area contributed by atoms with Gasteiger partial charge in [-0.1, -0.05) is 23.2 Å². The molecule has 0 unspecified atom stereocenters. The second-order valence-corrected chi connectivity index (χ2v) is 10.00. The molecule has 5 rings (SSSR count). The zero-order valence-electron chi connectivity index (χ0n) is 20.4. The molecule has 1 saturated heterocycles. The molecule has 1 aliphatic rings. The van der Waals surface area contributed by atoms with Crippen molar-refractivity contribution in [1.29, 1.82) is 0 Å². The highest BCUT2D eigenvalue weighted by molar-refractivity contribution is 7.18. The van der Waals surface area contributed by atoms with Crippen molar-refractivity contribution in [2.75, 3.05) is 44.0 Å². The first kappa shape index (κ1) is 26.1. The predicted octanol–water partition coefficient (Wildman–Crippen LogP) is 5.18. The van der Waals surface area contributed by atoms with Crippen LogP contribution in [0.4, 0.5) is 17.3 Å². The van der Waals surface area contributed by atoms with E-state index in [9.17, 15) is 9.59 Å². The summed E-state index contributed by atoms with van der Waals surface area (Å²) in [5.74, 6) is 0.858. The summed E-state index contributed by atoms with van der Waals surface area (Å²) in [6.07, 6.45) is 2.88. The number of morpholine rings is 1. The number of ether oxygens (including phenoxy) is 2. The van der Waals surface area contributed by atoms with Crippen LogP contribution >= 0.6 is 34.5 Å². The van der Waals surface area contributed by atoms with Gasteiger partial charge >= 0.3 is 0 Å². The summed E-state index contributed by atoms with van der Waals surface area (Å²) in [5, 5.41) is 8.15. The van der Waals surface area contributed by atoms with Crippen LogP contribution in [0.2, 0.25) is 10.0 Å². The fourth-order valence-corrected chi connectivity index (χ4v) is 5.41. The number of nitrogens with one attached hydrogen (secondary N) is 2. The Bertz CT molecular complexity index is 1520. The van der Waals surface area contributed by atoms with Crippen molar-refractivity contribution in [3.63, 3.8) is 0 Å². The van der Waals surface area contributed by atoms with E-state index in [4.69, 9.17) is 32.7 Å². The molecule has 10 nitrogen and oxygen atoms in total. The molecule has 0 spiro atoms. The standard InChI is InChI=1S/C25H22Cl2N6O4S/c1-13-9-16(36-2)19(27)21(18(13)26)32-24(34)15-11-38-22-20(15)29-12-30-23(22)31-17-4-3-14(10-28-17)25(35)33-5-7-37-8-6-33/h3-4,9-12H,5-8H2,1-2H3,(H,32,34)(H,28,29,30,31). The number of thiophene rings is 1. The minimum atomic E-state index is -0.429. The predicted molar refractivity (Wildman–Crippen MR) is 147 cm³/mol. The molecule has 1 aliphatic heterocycles. The molecule has 4 heterocycles. The van der Waals surface area contributed by atoms with E-state index in [0.29, 0.717) is 75.6 Å². The van der Waals surface area contributed by atoms with Crippen LogP contribution < -0.4 is 15.4 Å². The quantitative estimate of drug-likeness (QED) is 0.324. The normalized spacial score (nSPS) is 13.4. The van der Waals surface area contributed by atoms with E-state index in [2.05, 4.69) is 25.6 Å². The molecular weight excluding hydrogens is 551 g/mol. The van der Waals surface area contributed by atoms with Gasteiger partial charge in [-0.3, -0.25) is 9.59 Å². The topological polar surface area (TPSA) is 119 Å². The third kappa shape index (κ3) is 5.10. The van der Waals surface area contributed by atoms with E-state index < -0.39 is 5.91 Å². The largest absolute Gasteiger partial charge is 0.495 e. The highest BCUT2D eigenvalue weighted by Crippen LogP contribution is 2.41. The van der Waals surface area contributed by atoms with Crippen LogP contribution in [0, 0.1) is 6.92 Å². The lowest BCUT2D eigenvalue weighted by Gasteiger charge is -2.26. The van der Waals surface area contributed by atoms with Gasteiger partial charge in [-0.25, -0.2) is 15.0 Å². The number of hydrogen-bond donors (Lipinski definition) is 2. The van der Waals surface area contributed by atoms with Crippen molar-refractivity contribution < 1.29 is 19.1 Å². The zero-order valence-corrected chi connectivity index (χ0v) is 22.7. The molecule has 1 fully saturated rings. The van der Waals surface area contributed by atoms with Gasteiger partial charge in [0.05, 0.1) is 52.4 Å². The summed E-state index contributed by atoms with van der Waals surface area (Å²) in [5.41, 5.74) is 2.25. The number of aryl methyl sites for hydroxylation is 1. The lowest BCUT2D eigenvalue weighted by Crippen LogP contribution is -2.40. The summed E-state index contributed by atoms with van der Waals surface area (Å²) in [4.78, 5) is 40.6. The van der Waals surface area contributed by atoms with Gasteiger partial charge in [0.25, 0.3) is 11.8 Å². The Kier molecular flexibility index (Phi) is 7.61. The molecule has 1 aromatic carbocycles. The molecule has 2 amide bonds. The van der Waals surface area contributed by atoms with Crippen molar-refractivity contribution in [1.82, 2.24) is 19.9 Å². The van der Waals surface area contributed by atoms with Gasteiger partial charge in [0.15, 0.2) is 5.82 Å². The lowest BCUT2D eigenvalue weighted by atomic mass is 10.2.